The molecule has 0 bridgehead atoms. The summed E-state index contributed by atoms with van der Waals surface area (Å²) in [6.07, 6.45) is -0.671. The van der Waals surface area contributed by atoms with E-state index in [1.807, 2.05) is 72.8 Å². The molecule has 1 unspecified atom stereocenters. The molecule has 0 aliphatic rings. The van der Waals surface area contributed by atoms with E-state index in [1.165, 1.54) is 0 Å². The maximum Gasteiger partial charge on any atom is 0.247 e. The van der Waals surface area contributed by atoms with Gasteiger partial charge in [0.15, 0.2) is 0 Å². The zero-order valence-electron chi connectivity index (χ0n) is 14.6. The number of benzene rings is 3. The molecule has 0 spiro atoms. The molecule has 6 nitrogen and oxygen atoms in total. The van der Waals surface area contributed by atoms with Crippen molar-refractivity contribution in [3.63, 3.8) is 0 Å². The Labute approximate surface area is 157 Å². The molecule has 0 fully saturated rings. The molecule has 2 N–H and O–H groups in total. The molecule has 134 valence electrons. The minimum atomic E-state index is -0.671. The van der Waals surface area contributed by atoms with Gasteiger partial charge in [-0.05, 0) is 39.2 Å². The Morgan fingerprint density at radius 3 is 2.15 bits per heavy atom. The van der Waals surface area contributed by atoms with Crippen LogP contribution in [0.25, 0.3) is 16.8 Å². The summed E-state index contributed by atoms with van der Waals surface area (Å²) in [6, 6.07) is 27.7. The van der Waals surface area contributed by atoms with Gasteiger partial charge in [0.1, 0.15) is 0 Å². The fourth-order valence-corrected chi connectivity index (χ4v) is 2.87. The summed E-state index contributed by atoms with van der Waals surface area (Å²) < 4.78 is 1.60. The van der Waals surface area contributed by atoms with Crippen molar-refractivity contribution in [1.29, 1.82) is 0 Å². The first-order chi connectivity index (χ1) is 13.3. The molecular weight excluding hydrogens is 338 g/mol. The maximum atomic E-state index is 10.5. The largest absolute Gasteiger partial charge is 0.387 e. The van der Waals surface area contributed by atoms with E-state index in [9.17, 15) is 5.11 Å². The van der Waals surface area contributed by atoms with Crippen LogP contribution in [0.3, 0.4) is 0 Å². The summed E-state index contributed by atoms with van der Waals surface area (Å²) in [5.74, 6) is 0.487. The summed E-state index contributed by atoms with van der Waals surface area (Å²) >= 11 is 0. The van der Waals surface area contributed by atoms with Crippen LogP contribution in [-0.2, 0) is 0 Å². The van der Waals surface area contributed by atoms with Crippen molar-refractivity contribution in [3.05, 3.63) is 90.5 Å². The topological polar surface area (TPSA) is 75.9 Å². The fraction of sp³-hybridized carbons (Fsp3) is 0.0952. The molecule has 4 rings (SSSR count). The number of hydrogen-bond acceptors (Lipinski definition) is 5. The summed E-state index contributed by atoms with van der Waals surface area (Å²) in [5.41, 5.74) is 3.96. The van der Waals surface area contributed by atoms with Crippen molar-refractivity contribution in [2.45, 2.75) is 6.10 Å². The summed E-state index contributed by atoms with van der Waals surface area (Å²) in [5, 5.41) is 25.3. The average molecular weight is 357 g/mol. The van der Waals surface area contributed by atoms with E-state index in [0.717, 1.165) is 22.4 Å². The van der Waals surface area contributed by atoms with Crippen molar-refractivity contribution in [1.82, 2.24) is 20.2 Å². The second kappa shape index (κ2) is 7.80. The van der Waals surface area contributed by atoms with E-state index in [1.54, 1.807) is 4.68 Å². The van der Waals surface area contributed by atoms with Crippen LogP contribution in [-0.4, -0.2) is 31.9 Å². The van der Waals surface area contributed by atoms with Crippen LogP contribution < -0.4 is 5.32 Å². The minimum Gasteiger partial charge on any atom is -0.387 e. The molecule has 0 aliphatic carbocycles. The smallest absolute Gasteiger partial charge is 0.247 e. The van der Waals surface area contributed by atoms with Crippen LogP contribution >= 0.6 is 0 Å². The molecular formula is C21H19N5O. The third-order valence-electron chi connectivity index (χ3n) is 4.33. The van der Waals surface area contributed by atoms with Crippen molar-refractivity contribution in [2.75, 3.05) is 11.9 Å². The van der Waals surface area contributed by atoms with E-state index < -0.39 is 6.10 Å². The number of rotatable bonds is 6. The van der Waals surface area contributed by atoms with Gasteiger partial charge >= 0.3 is 0 Å². The molecule has 0 radical (unpaired) electrons. The number of para-hydroxylation sites is 1. The molecule has 4 aromatic rings. The molecule has 0 saturated carbocycles. The number of tetrazole rings is 1. The molecule has 0 aliphatic heterocycles. The van der Waals surface area contributed by atoms with Crippen LogP contribution in [0.4, 0.5) is 5.95 Å². The number of aliphatic hydroxyl groups is 1. The summed E-state index contributed by atoms with van der Waals surface area (Å²) in [4.78, 5) is 0. The Morgan fingerprint density at radius 1 is 0.815 bits per heavy atom. The first-order valence-electron chi connectivity index (χ1n) is 8.72. The van der Waals surface area contributed by atoms with Crippen LogP contribution in [0, 0.1) is 0 Å². The van der Waals surface area contributed by atoms with Gasteiger partial charge in [0, 0.05) is 6.54 Å². The Morgan fingerprint density at radius 2 is 1.44 bits per heavy atom. The Hall–Kier alpha value is -3.51. The highest BCUT2D eigenvalue weighted by atomic mass is 16.3. The zero-order valence-corrected chi connectivity index (χ0v) is 14.6. The normalized spacial score (nSPS) is 11.9. The van der Waals surface area contributed by atoms with Crippen LogP contribution in [0.15, 0.2) is 84.9 Å². The van der Waals surface area contributed by atoms with Crippen LogP contribution in [0.1, 0.15) is 11.7 Å². The lowest BCUT2D eigenvalue weighted by molar-refractivity contribution is 0.191. The third kappa shape index (κ3) is 3.86. The zero-order chi connectivity index (χ0) is 18.5. The molecule has 0 amide bonds. The van der Waals surface area contributed by atoms with Crippen molar-refractivity contribution in [3.8, 4) is 16.8 Å². The molecule has 1 heterocycles. The predicted molar refractivity (Wildman–Crippen MR) is 104 cm³/mol. The number of aromatic nitrogens is 4. The minimum absolute atomic E-state index is 0.303. The van der Waals surface area contributed by atoms with Crippen LogP contribution in [0.2, 0.25) is 0 Å². The summed E-state index contributed by atoms with van der Waals surface area (Å²) in [6.45, 7) is 0.303. The number of anilines is 1. The Balaban J connectivity index is 1.43. The summed E-state index contributed by atoms with van der Waals surface area (Å²) in [7, 11) is 0. The van der Waals surface area contributed by atoms with Crippen LogP contribution in [0.5, 0.6) is 0 Å². The average Bonchev–Trinajstić information content (AvgIpc) is 3.22. The van der Waals surface area contributed by atoms with E-state index in [0.29, 0.717) is 12.5 Å². The maximum absolute atomic E-state index is 10.5. The highest BCUT2D eigenvalue weighted by Gasteiger charge is 2.12. The third-order valence-corrected chi connectivity index (χ3v) is 4.33. The van der Waals surface area contributed by atoms with E-state index in [-0.39, 0.29) is 0 Å². The molecule has 1 aromatic heterocycles. The van der Waals surface area contributed by atoms with Crippen molar-refractivity contribution >= 4 is 5.95 Å². The first-order valence-corrected chi connectivity index (χ1v) is 8.72. The molecule has 27 heavy (non-hydrogen) atoms. The lowest BCUT2D eigenvalue weighted by Crippen LogP contribution is -2.15. The standard InChI is InChI=1S/C21H19N5O/c27-20(18-13-11-17(12-14-18)16-7-3-1-4-8-16)15-22-21-23-24-25-26(21)19-9-5-2-6-10-19/h1-14,20,27H,15H2,(H,22,23,25). The van der Waals surface area contributed by atoms with Crippen molar-refractivity contribution in [2.24, 2.45) is 0 Å². The highest BCUT2D eigenvalue weighted by Crippen LogP contribution is 2.22. The highest BCUT2D eigenvalue weighted by molar-refractivity contribution is 5.63. The second-order valence-corrected chi connectivity index (χ2v) is 6.13. The molecule has 0 saturated heterocycles. The van der Waals surface area contributed by atoms with Gasteiger partial charge in [0.2, 0.25) is 5.95 Å². The van der Waals surface area contributed by atoms with Gasteiger partial charge in [-0.25, -0.2) is 0 Å². The SMILES string of the molecule is OC(CNc1nnnn1-c1ccccc1)c1ccc(-c2ccccc2)cc1. The molecule has 1 atom stereocenters. The molecule has 6 heteroatoms. The van der Waals surface area contributed by atoms with E-state index in [2.05, 4.69) is 33.0 Å². The van der Waals surface area contributed by atoms with Gasteiger partial charge < -0.3 is 10.4 Å². The molecule has 3 aromatic carbocycles. The number of nitrogens with zero attached hydrogens (tertiary/aromatic N) is 4. The van der Waals surface area contributed by atoms with Gasteiger partial charge in [-0.15, -0.1) is 0 Å². The first kappa shape index (κ1) is 16.9. The van der Waals surface area contributed by atoms with E-state index in [4.69, 9.17) is 0 Å². The monoisotopic (exact) mass is 357 g/mol. The predicted octanol–water partition coefficient (Wildman–Crippen LogP) is 3.47. The Bertz CT molecular complexity index is 984. The van der Waals surface area contributed by atoms with E-state index >= 15 is 0 Å². The fourth-order valence-electron chi connectivity index (χ4n) is 2.87. The van der Waals surface area contributed by atoms with Gasteiger partial charge in [-0.1, -0.05) is 77.9 Å². The number of nitrogens with one attached hydrogen (secondary N) is 1. The quantitative estimate of drug-likeness (QED) is 0.553. The van der Waals surface area contributed by atoms with Gasteiger partial charge in [-0.3, -0.25) is 0 Å². The number of hydrogen-bond donors (Lipinski definition) is 2. The lowest BCUT2D eigenvalue weighted by Gasteiger charge is -2.13. The Kier molecular flexibility index (Phi) is 4.89. The van der Waals surface area contributed by atoms with Gasteiger partial charge in [-0.2, -0.15) is 4.68 Å². The second-order valence-electron chi connectivity index (χ2n) is 6.13. The van der Waals surface area contributed by atoms with Gasteiger partial charge in [0.05, 0.1) is 11.8 Å². The lowest BCUT2D eigenvalue weighted by atomic mass is 10.0. The van der Waals surface area contributed by atoms with Crippen molar-refractivity contribution < 1.29 is 5.11 Å². The number of aliphatic hydroxyl groups excluding tert-OH is 1. The van der Waals surface area contributed by atoms with Gasteiger partial charge in [0.25, 0.3) is 0 Å².